The summed E-state index contributed by atoms with van der Waals surface area (Å²) in [5.74, 6) is 7.11. The number of benzene rings is 1. The van der Waals surface area contributed by atoms with Crippen molar-refractivity contribution in [1.29, 1.82) is 0 Å². The molecule has 2 aromatic rings. The number of hydrazine groups is 1. The molecule has 0 fully saturated rings. The van der Waals surface area contributed by atoms with E-state index in [1.165, 1.54) is 0 Å². The van der Waals surface area contributed by atoms with Gasteiger partial charge in [-0.05, 0) is 40.2 Å². The van der Waals surface area contributed by atoms with E-state index in [0.717, 1.165) is 25.9 Å². The van der Waals surface area contributed by atoms with Gasteiger partial charge in [-0.1, -0.05) is 17.7 Å². The number of rotatable bonds is 5. The van der Waals surface area contributed by atoms with Crippen LogP contribution < -0.4 is 11.3 Å². The predicted octanol–water partition coefficient (Wildman–Crippen LogP) is 3.99. The van der Waals surface area contributed by atoms with E-state index in [2.05, 4.69) is 21.4 Å². The summed E-state index contributed by atoms with van der Waals surface area (Å²) >= 11 is 11.0. The van der Waals surface area contributed by atoms with Crippen LogP contribution in [0.25, 0.3) is 0 Å². The summed E-state index contributed by atoms with van der Waals surface area (Å²) < 4.78 is 6.31. The highest BCUT2D eigenvalue weighted by atomic mass is 79.9. The van der Waals surface area contributed by atoms with E-state index < -0.39 is 0 Å². The van der Waals surface area contributed by atoms with Crippen molar-refractivity contribution in [3.8, 4) is 0 Å². The molecule has 0 amide bonds. The minimum absolute atomic E-state index is 0.0571. The quantitative estimate of drug-likeness (QED) is 0.488. The molecule has 0 saturated heterocycles. The highest BCUT2D eigenvalue weighted by molar-refractivity contribution is 9.10. The van der Waals surface area contributed by atoms with Crippen molar-refractivity contribution >= 4 is 39.3 Å². The molecule has 0 spiro atoms. The standard InChI is InChI=1S/C12H12BrClN2OS/c13-10-4-5-17-12(10)11(16-15)7-18-9-3-1-2-8(14)6-9/h1-6,11,16H,7,15H2. The maximum absolute atomic E-state index is 5.94. The van der Waals surface area contributed by atoms with Gasteiger partial charge in [0.2, 0.25) is 0 Å². The Morgan fingerprint density at radius 1 is 1.44 bits per heavy atom. The van der Waals surface area contributed by atoms with E-state index in [4.69, 9.17) is 21.9 Å². The van der Waals surface area contributed by atoms with Crippen molar-refractivity contribution in [1.82, 2.24) is 5.43 Å². The second-order valence-electron chi connectivity index (χ2n) is 3.62. The Hall–Kier alpha value is -0.460. The number of hydrogen-bond acceptors (Lipinski definition) is 4. The van der Waals surface area contributed by atoms with Gasteiger partial charge in [0.25, 0.3) is 0 Å². The monoisotopic (exact) mass is 346 g/mol. The largest absolute Gasteiger partial charge is 0.466 e. The normalized spacial score (nSPS) is 12.6. The van der Waals surface area contributed by atoms with Crippen LogP contribution in [0.2, 0.25) is 5.02 Å². The molecule has 1 atom stereocenters. The molecular weight excluding hydrogens is 336 g/mol. The third kappa shape index (κ3) is 3.52. The van der Waals surface area contributed by atoms with Gasteiger partial charge < -0.3 is 4.42 Å². The molecule has 0 aliphatic carbocycles. The highest BCUT2D eigenvalue weighted by Crippen LogP contribution is 2.30. The minimum atomic E-state index is -0.0571. The lowest BCUT2D eigenvalue weighted by Gasteiger charge is -2.13. The Morgan fingerprint density at radius 3 is 2.89 bits per heavy atom. The average molecular weight is 348 g/mol. The average Bonchev–Trinajstić information content (AvgIpc) is 2.77. The van der Waals surface area contributed by atoms with E-state index in [-0.39, 0.29) is 6.04 Å². The zero-order valence-electron chi connectivity index (χ0n) is 9.40. The molecule has 0 radical (unpaired) electrons. The summed E-state index contributed by atoms with van der Waals surface area (Å²) in [4.78, 5) is 1.10. The molecule has 0 aliphatic rings. The number of hydrogen-bond donors (Lipinski definition) is 2. The van der Waals surface area contributed by atoms with Crippen molar-refractivity contribution in [2.24, 2.45) is 5.84 Å². The van der Waals surface area contributed by atoms with Crippen LogP contribution in [0.15, 0.2) is 50.4 Å². The molecule has 1 aromatic heterocycles. The van der Waals surface area contributed by atoms with Gasteiger partial charge in [0.15, 0.2) is 0 Å². The van der Waals surface area contributed by atoms with Crippen LogP contribution in [0.1, 0.15) is 11.8 Å². The molecule has 96 valence electrons. The lowest BCUT2D eigenvalue weighted by Crippen LogP contribution is -2.29. The maximum Gasteiger partial charge on any atom is 0.137 e. The van der Waals surface area contributed by atoms with E-state index in [1.54, 1.807) is 18.0 Å². The summed E-state index contributed by atoms with van der Waals surface area (Å²) in [6, 6.07) is 9.52. The Bertz CT molecular complexity index is 520. The molecule has 0 saturated carbocycles. The van der Waals surface area contributed by atoms with E-state index in [0.29, 0.717) is 0 Å². The third-order valence-corrected chi connectivity index (χ3v) is 4.35. The Kier molecular flexibility index (Phi) is 5.14. The van der Waals surface area contributed by atoms with E-state index >= 15 is 0 Å². The summed E-state index contributed by atoms with van der Waals surface area (Å²) in [6.45, 7) is 0. The van der Waals surface area contributed by atoms with Gasteiger partial charge in [-0.2, -0.15) is 0 Å². The fourth-order valence-electron chi connectivity index (χ4n) is 1.49. The van der Waals surface area contributed by atoms with Crippen molar-refractivity contribution in [2.45, 2.75) is 10.9 Å². The van der Waals surface area contributed by atoms with Crippen molar-refractivity contribution in [3.05, 3.63) is 51.9 Å². The van der Waals surface area contributed by atoms with Crippen LogP contribution in [0.5, 0.6) is 0 Å². The van der Waals surface area contributed by atoms with Crippen molar-refractivity contribution in [3.63, 3.8) is 0 Å². The molecule has 0 bridgehead atoms. The maximum atomic E-state index is 5.94. The predicted molar refractivity (Wildman–Crippen MR) is 78.6 cm³/mol. The fraction of sp³-hybridized carbons (Fsp3) is 0.167. The van der Waals surface area contributed by atoms with Gasteiger partial charge in [0, 0.05) is 15.7 Å². The Balaban J connectivity index is 2.02. The zero-order valence-corrected chi connectivity index (χ0v) is 12.6. The summed E-state index contributed by atoms with van der Waals surface area (Å²) in [5, 5.41) is 0.733. The van der Waals surface area contributed by atoms with Gasteiger partial charge in [0.1, 0.15) is 5.76 Å². The molecule has 1 aromatic carbocycles. The van der Waals surface area contributed by atoms with Gasteiger partial charge in [-0.3, -0.25) is 5.84 Å². The zero-order chi connectivity index (χ0) is 13.0. The van der Waals surface area contributed by atoms with Crippen molar-refractivity contribution in [2.75, 3.05) is 5.75 Å². The van der Waals surface area contributed by atoms with E-state index in [9.17, 15) is 0 Å². The molecule has 3 N–H and O–H groups in total. The summed E-state index contributed by atoms with van der Waals surface area (Å²) in [5.41, 5.74) is 2.75. The number of halogens is 2. The van der Waals surface area contributed by atoms with Gasteiger partial charge in [0.05, 0.1) is 16.8 Å². The van der Waals surface area contributed by atoms with Crippen LogP contribution in [-0.4, -0.2) is 5.75 Å². The molecule has 18 heavy (non-hydrogen) atoms. The highest BCUT2D eigenvalue weighted by Gasteiger charge is 2.16. The summed E-state index contributed by atoms with van der Waals surface area (Å²) in [7, 11) is 0. The second kappa shape index (κ2) is 6.63. The van der Waals surface area contributed by atoms with Gasteiger partial charge in [-0.15, -0.1) is 11.8 Å². The van der Waals surface area contributed by atoms with E-state index in [1.807, 2.05) is 30.3 Å². The second-order valence-corrected chi connectivity index (χ2v) is 6.00. The molecule has 1 unspecified atom stereocenters. The fourth-order valence-corrected chi connectivity index (χ4v) is 3.21. The molecule has 0 aliphatic heterocycles. The smallest absolute Gasteiger partial charge is 0.137 e. The first-order chi connectivity index (χ1) is 8.70. The number of nitrogens with two attached hydrogens (primary N) is 1. The lowest BCUT2D eigenvalue weighted by molar-refractivity contribution is 0.438. The number of nitrogens with one attached hydrogen (secondary N) is 1. The van der Waals surface area contributed by atoms with Gasteiger partial charge >= 0.3 is 0 Å². The molecule has 1 heterocycles. The first-order valence-electron chi connectivity index (χ1n) is 5.28. The molecule has 6 heteroatoms. The lowest BCUT2D eigenvalue weighted by atomic mass is 10.3. The molecular formula is C12H12BrClN2OS. The van der Waals surface area contributed by atoms with Crippen molar-refractivity contribution < 1.29 is 4.42 Å². The van der Waals surface area contributed by atoms with Gasteiger partial charge in [-0.25, -0.2) is 5.43 Å². The van der Waals surface area contributed by atoms with Crippen LogP contribution in [-0.2, 0) is 0 Å². The molecule has 3 nitrogen and oxygen atoms in total. The molecule has 2 rings (SSSR count). The SMILES string of the molecule is NNC(CSc1cccc(Cl)c1)c1occc1Br. The van der Waals surface area contributed by atoms with Crippen LogP contribution in [0.3, 0.4) is 0 Å². The summed E-state index contributed by atoms with van der Waals surface area (Å²) in [6.07, 6.45) is 1.63. The minimum Gasteiger partial charge on any atom is -0.466 e. The number of furan rings is 1. The first-order valence-corrected chi connectivity index (χ1v) is 7.43. The number of thioether (sulfide) groups is 1. The van der Waals surface area contributed by atoms with Crippen LogP contribution in [0, 0.1) is 0 Å². The third-order valence-electron chi connectivity index (χ3n) is 2.38. The van der Waals surface area contributed by atoms with Crippen LogP contribution >= 0.6 is 39.3 Å². The topological polar surface area (TPSA) is 51.2 Å². The first kappa shape index (κ1) is 14.0. The Morgan fingerprint density at radius 2 is 2.28 bits per heavy atom. The Labute approximate surface area is 123 Å². The van der Waals surface area contributed by atoms with Crippen LogP contribution in [0.4, 0.5) is 0 Å².